The fourth-order valence-corrected chi connectivity index (χ4v) is 1.92. The molecule has 0 amide bonds. The van der Waals surface area contributed by atoms with E-state index >= 15 is 0 Å². The standard InChI is InChI=1S/C9H15N3O4S/c1-6(17(2,13)14)9-11-8(12-16-9)7-5-10-3-4-15-7/h6-7,10H,3-5H2,1-2H3. The minimum absolute atomic E-state index is 0.108. The first kappa shape index (κ1) is 12.5. The first-order chi connectivity index (χ1) is 7.98. The molecule has 2 unspecified atom stereocenters. The molecule has 2 atom stereocenters. The summed E-state index contributed by atoms with van der Waals surface area (Å²) < 4.78 is 33.1. The van der Waals surface area contributed by atoms with Crippen LogP contribution in [0.15, 0.2) is 4.52 Å². The molecular formula is C9H15N3O4S. The van der Waals surface area contributed by atoms with Gasteiger partial charge in [0.2, 0.25) is 11.7 Å². The van der Waals surface area contributed by atoms with Gasteiger partial charge in [-0.15, -0.1) is 0 Å². The lowest BCUT2D eigenvalue weighted by Gasteiger charge is -2.20. The van der Waals surface area contributed by atoms with Gasteiger partial charge in [-0.05, 0) is 6.92 Å². The highest BCUT2D eigenvalue weighted by Crippen LogP contribution is 2.22. The summed E-state index contributed by atoms with van der Waals surface area (Å²) in [5.74, 6) is 0.499. The second kappa shape index (κ2) is 4.71. The summed E-state index contributed by atoms with van der Waals surface area (Å²) in [5, 5.41) is 6.10. The topological polar surface area (TPSA) is 94.3 Å². The predicted molar refractivity (Wildman–Crippen MR) is 59.1 cm³/mol. The minimum Gasteiger partial charge on any atom is -0.367 e. The van der Waals surface area contributed by atoms with Crippen molar-refractivity contribution >= 4 is 9.84 Å². The van der Waals surface area contributed by atoms with Crippen LogP contribution in [0.25, 0.3) is 0 Å². The average molecular weight is 261 g/mol. The summed E-state index contributed by atoms with van der Waals surface area (Å²) in [6.45, 7) is 3.50. The summed E-state index contributed by atoms with van der Waals surface area (Å²) in [6.07, 6.45) is 0.869. The number of sulfone groups is 1. The van der Waals surface area contributed by atoms with E-state index in [1.807, 2.05) is 0 Å². The van der Waals surface area contributed by atoms with E-state index < -0.39 is 15.1 Å². The maximum Gasteiger partial charge on any atom is 0.244 e. The fourth-order valence-electron chi connectivity index (χ4n) is 1.46. The van der Waals surface area contributed by atoms with Crippen LogP contribution < -0.4 is 5.32 Å². The molecular weight excluding hydrogens is 246 g/mol. The Labute approximate surface area is 99.5 Å². The van der Waals surface area contributed by atoms with Crippen LogP contribution in [0.4, 0.5) is 0 Å². The smallest absolute Gasteiger partial charge is 0.244 e. The van der Waals surface area contributed by atoms with E-state index in [0.717, 1.165) is 12.8 Å². The molecule has 8 heteroatoms. The average Bonchev–Trinajstić information content (AvgIpc) is 2.77. The SMILES string of the molecule is CC(c1nc(C2CNCCO2)no1)S(C)(=O)=O. The van der Waals surface area contributed by atoms with Gasteiger partial charge in [0.05, 0.1) is 6.61 Å². The van der Waals surface area contributed by atoms with Crippen molar-refractivity contribution in [3.63, 3.8) is 0 Å². The Kier molecular flexibility index (Phi) is 3.45. The summed E-state index contributed by atoms with van der Waals surface area (Å²) in [4.78, 5) is 4.08. The molecule has 0 spiro atoms. The van der Waals surface area contributed by atoms with Crippen molar-refractivity contribution in [3.8, 4) is 0 Å². The van der Waals surface area contributed by atoms with Gasteiger partial charge in [-0.1, -0.05) is 5.16 Å². The van der Waals surface area contributed by atoms with Crippen LogP contribution in [-0.2, 0) is 14.6 Å². The molecule has 0 aliphatic carbocycles. The van der Waals surface area contributed by atoms with E-state index in [1.165, 1.54) is 6.92 Å². The number of nitrogens with one attached hydrogen (secondary N) is 1. The molecule has 2 heterocycles. The lowest BCUT2D eigenvalue weighted by molar-refractivity contribution is 0.0208. The molecule has 0 bridgehead atoms. The molecule has 17 heavy (non-hydrogen) atoms. The van der Waals surface area contributed by atoms with E-state index in [1.54, 1.807) is 0 Å². The van der Waals surface area contributed by atoms with Gasteiger partial charge < -0.3 is 14.6 Å². The van der Waals surface area contributed by atoms with Gasteiger partial charge in [0.25, 0.3) is 0 Å². The first-order valence-corrected chi connectivity index (χ1v) is 7.28. The number of hydrogen-bond acceptors (Lipinski definition) is 7. The van der Waals surface area contributed by atoms with Crippen molar-refractivity contribution < 1.29 is 17.7 Å². The molecule has 0 radical (unpaired) electrons. The summed E-state index contributed by atoms with van der Waals surface area (Å²) in [5.41, 5.74) is 0. The highest BCUT2D eigenvalue weighted by Gasteiger charge is 2.27. The molecule has 2 rings (SSSR count). The second-order valence-corrected chi connectivity index (χ2v) is 6.39. The maximum absolute atomic E-state index is 11.3. The highest BCUT2D eigenvalue weighted by molar-refractivity contribution is 7.90. The Bertz CT molecular complexity index is 478. The van der Waals surface area contributed by atoms with Crippen LogP contribution in [0, 0.1) is 0 Å². The molecule has 1 aromatic rings. The Hall–Kier alpha value is -0.990. The van der Waals surface area contributed by atoms with Crippen LogP contribution in [0.5, 0.6) is 0 Å². The molecule has 96 valence electrons. The zero-order valence-corrected chi connectivity index (χ0v) is 10.5. The van der Waals surface area contributed by atoms with Crippen LogP contribution in [0.2, 0.25) is 0 Å². The van der Waals surface area contributed by atoms with Gasteiger partial charge in [-0.3, -0.25) is 0 Å². The van der Waals surface area contributed by atoms with Gasteiger partial charge in [0.1, 0.15) is 11.4 Å². The van der Waals surface area contributed by atoms with Gasteiger partial charge in [0, 0.05) is 19.3 Å². The zero-order chi connectivity index (χ0) is 12.5. The molecule has 0 aromatic carbocycles. The largest absolute Gasteiger partial charge is 0.367 e. The van der Waals surface area contributed by atoms with Crippen molar-refractivity contribution in [1.29, 1.82) is 0 Å². The quantitative estimate of drug-likeness (QED) is 0.807. The van der Waals surface area contributed by atoms with E-state index in [4.69, 9.17) is 9.26 Å². The molecule has 1 aliphatic rings. The maximum atomic E-state index is 11.3. The normalized spacial score (nSPS) is 23.5. The van der Waals surface area contributed by atoms with Crippen LogP contribution in [0.3, 0.4) is 0 Å². The van der Waals surface area contributed by atoms with Crippen LogP contribution in [0.1, 0.15) is 30.0 Å². The lowest BCUT2D eigenvalue weighted by atomic mass is 10.3. The Morgan fingerprint density at radius 2 is 2.29 bits per heavy atom. The molecule has 1 N–H and O–H groups in total. The van der Waals surface area contributed by atoms with E-state index in [-0.39, 0.29) is 12.0 Å². The molecule has 1 saturated heterocycles. The Morgan fingerprint density at radius 1 is 1.53 bits per heavy atom. The van der Waals surface area contributed by atoms with Gasteiger partial charge >= 0.3 is 0 Å². The molecule has 1 aliphatic heterocycles. The number of rotatable bonds is 3. The van der Waals surface area contributed by atoms with Crippen LogP contribution >= 0.6 is 0 Å². The van der Waals surface area contributed by atoms with Crippen molar-refractivity contribution in [2.24, 2.45) is 0 Å². The molecule has 1 aromatic heterocycles. The minimum atomic E-state index is -3.23. The van der Waals surface area contributed by atoms with Crippen molar-refractivity contribution in [3.05, 3.63) is 11.7 Å². The molecule has 7 nitrogen and oxygen atoms in total. The third-order valence-corrected chi connectivity index (χ3v) is 4.15. The Morgan fingerprint density at radius 3 is 2.88 bits per heavy atom. The second-order valence-electron chi connectivity index (χ2n) is 4.03. The predicted octanol–water partition coefficient (Wildman–Crippen LogP) is -0.164. The third-order valence-electron chi connectivity index (χ3n) is 2.66. The Balaban J connectivity index is 2.15. The van der Waals surface area contributed by atoms with E-state index in [2.05, 4.69) is 15.5 Å². The summed E-state index contributed by atoms with van der Waals surface area (Å²) >= 11 is 0. The van der Waals surface area contributed by atoms with Gasteiger partial charge in [-0.25, -0.2) is 8.42 Å². The number of aromatic nitrogens is 2. The molecule has 0 saturated carbocycles. The van der Waals surface area contributed by atoms with Gasteiger partial charge in [0.15, 0.2) is 9.84 Å². The lowest BCUT2D eigenvalue weighted by Crippen LogP contribution is -2.33. The number of hydrogen-bond donors (Lipinski definition) is 1. The number of morpholine rings is 1. The van der Waals surface area contributed by atoms with E-state index in [0.29, 0.717) is 19.0 Å². The summed E-state index contributed by atoms with van der Waals surface area (Å²) in [6, 6.07) is 0. The third kappa shape index (κ3) is 2.82. The van der Waals surface area contributed by atoms with Crippen molar-refractivity contribution in [2.45, 2.75) is 18.3 Å². The van der Waals surface area contributed by atoms with E-state index in [9.17, 15) is 8.42 Å². The number of ether oxygens (including phenoxy) is 1. The monoisotopic (exact) mass is 261 g/mol. The molecule has 1 fully saturated rings. The fraction of sp³-hybridized carbons (Fsp3) is 0.778. The first-order valence-electron chi connectivity index (χ1n) is 5.33. The van der Waals surface area contributed by atoms with Crippen LogP contribution in [-0.4, -0.2) is 44.5 Å². The summed E-state index contributed by atoms with van der Waals surface area (Å²) in [7, 11) is -3.23. The zero-order valence-electron chi connectivity index (χ0n) is 9.71. The number of nitrogens with zero attached hydrogens (tertiary/aromatic N) is 2. The van der Waals surface area contributed by atoms with Crippen molar-refractivity contribution in [1.82, 2.24) is 15.5 Å². The highest BCUT2D eigenvalue weighted by atomic mass is 32.2. The van der Waals surface area contributed by atoms with Gasteiger partial charge in [-0.2, -0.15) is 4.98 Å². The van der Waals surface area contributed by atoms with Crippen molar-refractivity contribution in [2.75, 3.05) is 26.0 Å².